The van der Waals surface area contributed by atoms with Gasteiger partial charge in [-0.25, -0.2) is 4.98 Å². The van der Waals surface area contributed by atoms with Crippen molar-refractivity contribution in [3.63, 3.8) is 0 Å². The van der Waals surface area contributed by atoms with E-state index in [4.69, 9.17) is 0 Å². The summed E-state index contributed by atoms with van der Waals surface area (Å²) in [7, 11) is 0. The van der Waals surface area contributed by atoms with Gasteiger partial charge in [-0.2, -0.15) is 0 Å². The number of nitro groups is 1. The lowest BCUT2D eigenvalue weighted by Gasteiger charge is -2.06. The predicted octanol–water partition coefficient (Wildman–Crippen LogP) is 5.43. The molecule has 0 aliphatic rings. The number of para-hydroxylation sites is 1. The van der Waals surface area contributed by atoms with Crippen LogP contribution in [0.1, 0.15) is 15.9 Å². The molecule has 1 heterocycles. The topological polar surface area (TPSA) is 85.1 Å². The van der Waals surface area contributed by atoms with Crippen molar-refractivity contribution in [1.29, 1.82) is 0 Å². The van der Waals surface area contributed by atoms with Crippen molar-refractivity contribution in [2.45, 2.75) is 6.92 Å². The molecule has 4 rings (SSSR count). The molecule has 0 spiro atoms. The number of aromatic nitrogens is 1. The number of fused-ring (bicyclic) bond motifs is 1. The van der Waals surface area contributed by atoms with Crippen molar-refractivity contribution < 1.29 is 9.72 Å². The SMILES string of the molecule is Cc1ccc2nc(-c3ccc(NC(=O)c4ccccc4[N+](=O)[O-])cc3)sc2c1. The highest BCUT2D eigenvalue weighted by Crippen LogP contribution is 2.31. The summed E-state index contributed by atoms with van der Waals surface area (Å²) >= 11 is 1.61. The van der Waals surface area contributed by atoms with E-state index < -0.39 is 10.8 Å². The Labute approximate surface area is 164 Å². The molecule has 1 amide bonds. The molecule has 0 saturated carbocycles. The van der Waals surface area contributed by atoms with Gasteiger partial charge in [0, 0.05) is 17.3 Å². The van der Waals surface area contributed by atoms with Gasteiger partial charge in [0.15, 0.2) is 0 Å². The maximum Gasteiger partial charge on any atom is 0.282 e. The van der Waals surface area contributed by atoms with E-state index in [0.717, 1.165) is 20.8 Å². The van der Waals surface area contributed by atoms with Crippen molar-refractivity contribution in [2.75, 3.05) is 5.32 Å². The fraction of sp³-hybridized carbons (Fsp3) is 0.0476. The number of amides is 1. The molecule has 0 saturated heterocycles. The first-order valence-electron chi connectivity index (χ1n) is 8.54. The third kappa shape index (κ3) is 3.47. The Morgan fingerprint density at radius 3 is 2.57 bits per heavy atom. The summed E-state index contributed by atoms with van der Waals surface area (Å²) in [5.74, 6) is -0.518. The van der Waals surface area contributed by atoms with Gasteiger partial charge in [-0.3, -0.25) is 14.9 Å². The fourth-order valence-corrected chi connectivity index (χ4v) is 3.94. The van der Waals surface area contributed by atoms with Crippen molar-refractivity contribution in [1.82, 2.24) is 4.98 Å². The predicted molar refractivity (Wildman–Crippen MR) is 111 cm³/mol. The molecule has 28 heavy (non-hydrogen) atoms. The Morgan fingerprint density at radius 1 is 1.07 bits per heavy atom. The Hall–Kier alpha value is -3.58. The quantitative estimate of drug-likeness (QED) is 0.372. The smallest absolute Gasteiger partial charge is 0.282 e. The van der Waals surface area contributed by atoms with E-state index >= 15 is 0 Å². The van der Waals surface area contributed by atoms with E-state index in [9.17, 15) is 14.9 Å². The molecular formula is C21H15N3O3S. The molecule has 1 N–H and O–H groups in total. The molecule has 0 atom stereocenters. The molecule has 0 radical (unpaired) electrons. The summed E-state index contributed by atoms with van der Waals surface area (Å²) < 4.78 is 1.13. The third-order valence-corrected chi connectivity index (χ3v) is 5.35. The van der Waals surface area contributed by atoms with Gasteiger partial charge in [-0.05, 0) is 55.0 Å². The van der Waals surface area contributed by atoms with Gasteiger partial charge in [0.1, 0.15) is 10.6 Å². The minimum absolute atomic E-state index is 0.0260. The number of nitro benzene ring substituents is 1. The average Bonchev–Trinajstić information content (AvgIpc) is 3.11. The van der Waals surface area contributed by atoms with Crippen molar-refractivity contribution in [3.8, 4) is 10.6 Å². The lowest BCUT2D eigenvalue weighted by atomic mass is 10.1. The standard InChI is InChI=1S/C21H15N3O3S/c1-13-6-11-17-19(12-13)28-21(23-17)14-7-9-15(10-8-14)22-20(25)16-4-2-3-5-18(16)24(26)27/h2-12H,1H3,(H,22,25). The molecular weight excluding hydrogens is 374 g/mol. The normalized spacial score (nSPS) is 10.8. The molecule has 0 bridgehead atoms. The largest absolute Gasteiger partial charge is 0.322 e. The number of nitrogens with zero attached hydrogens (tertiary/aromatic N) is 2. The van der Waals surface area contributed by atoms with E-state index in [1.54, 1.807) is 29.5 Å². The number of hydrogen-bond acceptors (Lipinski definition) is 5. The van der Waals surface area contributed by atoms with Gasteiger partial charge in [0.05, 0.1) is 15.1 Å². The first kappa shape index (κ1) is 17.8. The van der Waals surface area contributed by atoms with Crippen LogP contribution in [0.2, 0.25) is 0 Å². The Bertz CT molecular complexity index is 1200. The number of hydrogen-bond donors (Lipinski definition) is 1. The molecule has 138 valence electrons. The van der Waals surface area contributed by atoms with E-state index in [1.165, 1.54) is 23.8 Å². The van der Waals surface area contributed by atoms with E-state index in [1.807, 2.05) is 31.2 Å². The van der Waals surface area contributed by atoms with Crippen LogP contribution in [0.3, 0.4) is 0 Å². The van der Waals surface area contributed by atoms with Crippen LogP contribution < -0.4 is 5.32 Å². The summed E-state index contributed by atoms with van der Waals surface area (Å²) in [5.41, 5.74) is 3.46. The van der Waals surface area contributed by atoms with Crippen LogP contribution in [-0.4, -0.2) is 15.8 Å². The molecule has 6 nitrogen and oxygen atoms in total. The number of benzene rings is 3. The Morgan fingerprint density at radius 2 is 1.82 bits per heavy atom. The van der Waals surface area contributed by atoms with Gasteiger partial charge >= 0.3 is 0 Å². The molecule has 0 unspecified atom stereocenters. The zero-order valence-electron chi connectivity index (χ0n) is 14.9. The number of nitrogens with one attached hydrogen (secondary N) is 1. The van der Waals surface area contributed by atoms with Crippen LogP contribution in [0.15, 0.2) is 66.7 Å². The number of aryl methyl sites for hydroxylation is 1. The monoisotopic (exact) mass is 389 g/mol. The molecule has 0 aliphatic heterocycles. The number of thiazole rings is 1. The highest BCUT2D eigenvalue weighted by Gasteiger charge is 2.19. The number of carbonyl (C=O) groups is 1. The number of rotatable bonds is 4. The van der Waals surface area contributed by atoms with Crippen LogP contribution in [0.5, 0.6) is 0 Å². The van der Waals surface area contributed by atoms with Crippen LogP contribution in [0.25, 0.3) is 20.8 Å². The number of carbonyl (C=O) groups excluding carboxylic acids is 1. The lowest BCUT2D eigenvalue weighted by Crippen LogP contribution is -2.13. The van der Waals surface area contributed by atoms with Gasteiger partial charge in [-0.15, -0.1) is 11.3 Å². The molecule has 3 aromatic carbocycles. The second-order valence-corrected chi connectivity index (χ2v) is 7.33. The number of anilines is 1. The van der Waals surface area contributed by atoms with E-state index in [0.29, 0.717) is 5.69 Å². The maximum absolute atomic E-state index is 12.4. The first-order valence-corrected chi connectivity index (χ1v) is 9.35. The van der Waals surface area contributed by atoms with Gasteiger partial charge in [0.2, 0.25) is 0 Å². The van der Waals surface area contributed by atoms with Crippen LogP contribution in [-0.2, 0) is 0 Å². The zero-order chi connectivity index (χ0) is 19.7. The van der Waals surface area contributed by atoms with Crippen molar-refractivity contribution >= 4 is 38.8 Å². The highest BCUT2D eigenvalue weighted by atomic mass is 32.1. The lowest BCUT2D eigenvalue weighted by molar-refractivity contribution is -0.385. The Balaban J connectivity index is 1.56. The fourth-order valence-electron chi connectivity index (χ4n) is 2.87. The van der Waals surface area contributed by atoms with Gasteiger partial charge in [-0.1, -0.05) is 18.2 Å². The van der Waals surface area contributed by atoms with Crippen LogP contribution in [0, 0.1) is 17.0 Å². The van der Waals surface area contributed by atoms with Gasteiger partial charge in [0.25, 0.3) is 11.6 Å². The van der Waals surface area contributed by atoms with Crippen LogP contribution >= 0.6 is 11.3 Å². The van der Waals surface area contributed by atoms with E-state index in [2.05, 4.69) is 16.4 Å². The second kappa shape index (κ2) is 7.21. The third-order valence-electron chi connectivity index (χ3n) is 4.28. The minimum Gasteiger partial charge on any atom is -0.322 e. The molecule has 0 aliphatic carbocycles. The zero-order valence-corrected chi connectivity index (χ0v) is 15.7. The Kier molecular flexibility index (Phi) is 4.58. The molecule has 0 fully saturated rings. The highest BCUT2D eigenvalue weighted by molar-refractivity contribution is 7.21. The first-order chi connectivity index (χ1) is 13.5. The second-order valence-electron chi connectivity index (χ2n) is 6.30. The molecule has 4 aromatic rings. The summed E-state index contributed by atoms with van der Waals surface area (Å²) in [6, 6.07) is 19.3. The maximum atomic E-state index is 12.4. The van der Waals surface area contributed by atoms with Crippen molar-refractivity contribution in [2.24, 2.45) is 0 Å². The average molecular weight is 389 g/mol. The summed E-state index contributed by atoms with van der Waals surface area (Å²) in [4.78, 5) is 27.6. The molecule has 7 heteroatoms. The minimum atomic E-state index is -0.563. The summed E-state index contributed by atoms with van der Waals surface area (Å²) in [5, 5.41) is 14.7. The summed E-state index contributed by atoms with van der Waals surface area (Å²) in [6.45, 7) is 2.05. The molecule has 1 aromatic heterocycles. The summed E-state index contributed by atoms with van der Waals surface area (Å²) in [6.07, 6.45) is 0. The van der Waals surface area contributed by atoms with Gasteiger partial charge < -0.3 is 5.32 Å². The van der Waals surface area contributed by atoms with E-state index in [-0.39, 0.29) is 11.3 Å². The van der Waals surface area contributed by atoms with Crippen molar-refractivity contribution in [3.05, 3.63) is 88.0 Å². The van der Waals surface area contributed by atoms with Crippen LogP contribution in [0.4, 0.5) is 11.4 Å².